The first-order valence-corrected chi connectivity index (χ1v) is 14.0. The van der Waals surface area contributed by atoms with Gasteiger partial charge in [-0.15, -0.1) is 44.0 Å². The van der Waals surface area contributed by atoms with E-state index in [1.807, 2.05) is 70.3 Å². The second-order valence-electron chi connectivity index (χ2n) is 8.03. The smallest absolute Gasteiger partial charge is 0.325 e. The first-order chi connectivity index (χ1) is 14.5. The minimum absolute atomic E-state index is 0. The third-order valence-electron chi connectivity index (χ3n) is 4.22. The molecule has 0 saturated heterocycles. The van der Waals surface area contributed by atoms with E-state index in [2.05, 4.69) is 86.4 Å². The number of hydrogen-bond donors (Lipinski definition) is 0. The van der Waals surface area contributed by atoms with Gasteiger partial charge in [0.25, 0.3) is 0 Å². The normalized spacial score (nSPS) is 15.8. The first-order valence-electron chi connectivity index (χ1n) is 10.5. The summed E-state index contributed by atoms with van der Waals surface area (Å²) in [7, 11) is -1.16. The summed E-state index contributed by atoms with van der Waals surface area (Å²) < 4.78 is 0. The van der Waals surface area contributed by atoms with Gasteiger partial charge < -0.3 is 6.04 Å². The predicted molar refractivity (Wildman–Crippen MR) is 134 cm³/mol. The molecule has 0 nitrogen and oxygen atoms in total. The SMILES string of the molecule is C[Si](C)(C)[CH-]CC(=[C-]c1ccccc1)c1ccccc1.[CH]1[CH][CH][CH][CH]1.[CH]1[CH][CH][CH][CH]1.[Zr+2]. The standard InChI is InChI=1S/C19H22Si.2C5H5.Zr/c1-20(2,3)15-14-19(18-12-8-5-9-13-18)16-17-10-6-4-7-11-17;2*1-2-4-5-3-1;/h4-13,15H,14H2,1-3H3;2*1-5H;/q-2;;;+2. The van der Waals surface area contributed by atoms with Crippen molar-refractivity contribution in [2.75, 3.05) is 0 Å². The van der Waals surface area contributed by atoms with Gasteiger partial charge in [0.1, 0.15) is 0 Å². The molecule has 2 aliphatic carbocycles. The Kier molecular flexibility index (Phi) is 15.4. The Balaban J connectivity index is 0.000000356. The molecule has 2 aliphatic rings. The van der Waals surface area contributed by atoms with E-state index in [0.717, 1.165) is 12.0 Å². The summed E-state index contributed by atoms with van der Waals surface area (Å²) in [5.74, 6) is 0. The molecule has 2 aromatic carbocycles. The average molecular weight is 500 g/mol. The molecule has 2 fully saturated rings. The van der Waals surface area contributed by atoms with Gasteiger partial charge in [-0.05, 0) is 64.2 Å². The molecule has 2 aromatic rings. The number of rotatable bonds is 5. The largest absolute Gasteiger partial charge is 2.00 e. The summed E-state index contributed by atoms with van der Waals surface area (Å²) in [6, 6.07) is 23.5. The third-order valence-corrected chi connectivity index (χ3v) is 5.65. The van der Waals surface area contributed by atoms with E-state index < -0.39 is 8.07 Å². The van der Waals surface area contributed by atoms with Crippen LogP contribution in [0, 0.1) is 76.3 Å². The van der Waals surface area contributed by atoms with Crippen LogP contribution >= 0.6 is 0 Å². The Morgan fingerprint density at radius 3 is 1.42 bits per heavy atom. The van der Waals surface area contributed by atoms with Crippen molar-refractivity contribution < 1.29 is 26.2 Å². The predicted octanol–water partition coefficient (Wildman–Crippen LogP) is 7.43. The van der Waals surface area contributed by atoms with Crippen molar-refractivity contribution in [3.05, 3.63) is 148 Å². The van der Waals surface area contributed by atoms with Gasteiger partial charge in [0.2, 0.25) is 0 Å². The topological polar surface area (TPSA) is 0 Å². The first kappa shape index (κ1) is 28.3. The van der Waals surface area contributed by atoms with Crippen molar-refractivity contribution >= 4 is 13.6 Å². The van der Waals surface area contributed by atoms with Crippen LogP contribution < -0.4 is 0 Å². The number of allylic oxidation sites excluding steroid dienone is 1. The van der Waals surface area contributed by atoms with Gasteiger partial charge >= 0.3 is 26.2 Å². The molecule has 0 unspecified atom stereocenters. The van der Waals surface area contributed by atoms with Crippen LogP contribution in [0.25, 0.3) is 5.57 Å². The van der Waals surface area contributed by atoms with Gasteiger partial charge in [-0.25, -0.2) is 0 Å². The zero-order chi connectivity index (χ0) is 21.5. The van der Waals surface area contributed by atoms with Crippen LogP contribution in [0.3, 0.4) is 0 Å². The summed E-state index contributed by atoms with van der Waals surface area (Å²) in [5, 5.41) is 0. The summed E-state index contributed by atoms with van der Waals surface area (Å²) in [6.45, 7) is 7.12. The molecule has 0 aromatic heterocycles. The summed E-state index contributed by atoms with van der Waals surface area (Å²) >= 11 is 0. The molecular formula is C29H32SiZr. The van der Waals surface area contributed by atoms with E-state index in [4.69, 9.17) is 0 Å². The van der Waals surface area contributed by atoms with E-state index in [1.165, 1.54) is 11.1 Å². The summed E-state index contributed by atoms with van der Waals surface area (Å²) in [4.78, 5) is 0. The molecule has 0 atom stereocenters. The molecule has 0 spiro atoms. The second-order valence-corrected chi connectivity index (χ2v) is 13.2. The van der Waals surface area contributed by atoms with Crippen molar-refractivity contribution in [2.24, 2.45) is 0 Å². The fourth-order valence-electron chi connectivity index (χ4n) is 2.63. The van der Waals surface area contributed by atoms with Crippen LogP contribution in [0.5, 0.6) is 0 Å². The number of benzene rings is 2. The molecule has 0 heterocycles. The maximum absolute atomic E-state index is 3.58. The van der Waals surface area contributed by atoms with E-state index in [0.29, 0.717) is 0 Å². The molecule has 2 saturated carbocycles. The Morgan fingerprint density at radius 1 is 0.645 bits per heavy atom. The Labute approximate surface area is 213 Å². The second kappa shape index (κ2) is 16.8. The molecule has 4 rings (SSSR count). The fraction of sp³-hybridized carbons (Fsp3) is 0.138. The average Bonchev–Trinajstić information content (AvgIpc) is 3.51. The summed E-state index contributed by atoms with van der Waals surface area (Å²) in [6.07, 6.45) is 24.6. The molecule has 10 radical (unpaired) electrons. The minimum Gasteiger partial charge on any atom is -0.325 e. The van der Waals surface area contributed by atoms with Gasteiger partial charge in [-0.3, -0.25) is 0 Å². The van der Waals surface area contributed by atoms with Crippen molar-refractivity contribution in [3.8, 4) is 0 Å². The van der Waals surface area contributed by atoms with Gasteiger partial charge in [-0.2, -0.15) is 12.0 Å². The maximum atomic E-state index is 3.58. The summed E-state index contributed by atoms with van der Waals surface area (Å²) in [5.41, 5.74) is 3.69. The number of hydrogen-bond acceptors (Lipinski definition) is 0. The molecule has 2 heteroatoms. The van der Waals surface area contributed by atoms with Gasteiger partial charge in [0.15, 0.2) is 0 Å². The van der Waals surface area contributed by atoms with Crippen LogP contribution in [0.4, 0.5) is 0 Å². The van der Waals surface area contributed by atoms with Crippen molar-refractivity contribution in [1.82, 2.24) is 0 Å². The minimum atomic E-state index is -1.16. The van der Waals surface area contributed by atoms with Crippen LogP contribution in [0.15, 0.2) is 60.7 Å². The Bertz CT molecular complexity index is 667. The Morgan fingerprint density at radius 2 is 1.03 bits per heavy atom. The molecular weight excluding hydrogens is 468 g/mol. The van der Waals surface area contributed by atoms with Crippen molar-refractivity contribution in [1.29, 1.82) is 0 Å². The van der Waals surface area contributed by atoms with Crippen molar-refractivity contribution in [3.63, 3.8) is 0 Å². The third kappa shape index (κ3) is 14.1. The van der Waals surface area contributed by atoms with E-state index in [-0.39, 0.29) is 26.2 Å². The van der Waals surface area contributed by atoms with Crippen molar-refractivity contribution in [2.45, 2.75) is 26.1 Å². The zero-order valence-electron chi connectivity index (χ0n) is 18.8. The van der Waals surface area contributed by atoms with Crippen LogP contribution in [0.2, 0.25) is 19.6 Å². The molecule has 0 N–H and O–H groups in total. The van der Waals surface area contributed by atoms with E-state index in [1.54, 1.807) is 0 Å². The molecule has 31 heavy (non-hydrogen) atoms. The Hall–Kier alpha value is -0.720. The van der Waals surface area contributed by atoms with E-state index in [9.17, 15) is 0 Å². The molecule has 156 valence electrons. The van der Waals surface area contributed by atoms with Crippen LogP contribution in [-0.2, 0) is 26.2 Å². The molecule has 0 amide bonds. The van der Waals surface area contributed by atoms with Crippen LogP contribution in [0.1, 0.15) is 17.5 Å². The fourth-order valence-corrected chi connectivity index (χ4v) is 3.44. The van der Waals surface area contributed by atoms with E-state index >= 15 is 0 Å². The van der Waals surface area contributed by atoms with Gasteiger partial charge in [-0.1, -0.05) is 61.6 Å². The zero-order valence-corrected chi connectivity index (χ0v) is 22.3. The molecule has 0 bridgehead atoms. The molecule has 0 aliphatic heterocycles. The quantitative estimate of drug-likeness (QED) is 0.228. The monoisotopic (exact) mass is 498 g/mol. The van der Waals surface area contributed by atoms with Gasteiger partial charge in [0, 0.05) is 0 Å². The van der Waals surface area contributed by atoms with Crippen LogP contribution in [-0.4, -0.2) is 8.07 Å². The maximum Gasteiger partial charge on any atom is 2.00 e. The van der Waals surface area contributed by atoms with Gasteiger partial charge in [0.05, 0.1) is 0 Å².